The molecule has 0 saturated heterocycles. The van der Waals surface area contributed by atoms with Crippen LogP contribution in [0.5, 0.6) is 0 Å². The molecule has 1 N–H and O–H groups in total. The lowest BCUT2D eigenvalue weighted by atomic mass is 10.1. The smallest absolute Gasteiger partial charge is 0.234 e. The van der Waals surface area contributed by atoms with Crippen LogP contribution in [-0.2, 0) is 11.2 Å². The average molecular weight is 366 g/mol. The van der Waals surface area contributed by atoms with E-state index in [0.717, 1.165) is 23.6 Å². The van der Waals surface area contributed by atoms with Crippen LogP contribution in [0.1, 0.15) is 23.9 Å². The fraction of sp³-hybridized carbons (Fsp3) is 0.250. The molecule has 1 amide bonds. The minimum absolute atomic E-state index is 0.0599. The molecule has 0 radical (unpaired) electrons. The zero-order valence-electron chi connectivity index (χ0n) is 15.2. The van der Waals surface area contributed by atoms with Gasteiger partial charge in [0.25, 0.3) is 0 Å². The lowest BCUT2D eigenvalue weighted by Crippen LogP contribution is -2.14. The number of nitrogens with zero attached hydrogens (tertiary/aromatic N) is 3. The van der Waals surface area contributed by atoms with Crippen molar-refractivity contribution in [3.05, 3.63) is 65.5 Å². The summed E-state index contributed by atoms with van der Waals surface area (Å²) < 4.78 is 1.97. The van der Waals surface area contributed by atoms with Gasteiger partial charge in [-0.25, -0.2) is 0 Å². The van der Waals surface area contributed by atoms with Crippen LogP contribution in [0, 0.1) is 13.8 Å². The van der Waals surface area contributed by atoms with Crippen molar-refractivity contribution in [2.45, 2.75) is 32.3 Å². The van der Waals surface area contributed by atoms with E-state index in [0.29, 0.717) is 5.16 Å². The second-order valence-corrected chi connectivity index (χ2v) is 7.03. The van der Waals surface area contributed by atoms with Crippen molar-refractivity contribution in [3.8, 4) is 5.69 Å². The van der Waals surface area contributed by atoms with E-state index in [1.807, 2.05) is 47.9 Å². The molecule has 0 atom stereocenters. The third-order valence-electron chi connectivity index (χ3n) is 4.07. The van der Waals surface area contributed by atoms with Gasteiger partial charge in [0.1, 0.15) is 5.82 Å². The standard InChI is InChI=1S/C20H22N4OS/c1-4-16-7-9-17(10-8-16)21-19(25)13-26-20-23-22-15(3)24(20)18-11-5-14(2)6-12-18/h5-12H,4,13H2,1-3H3,(H,21,25). The zero-order valence-corrected chi connectivity index (χ0v) is 16.0. The number of anilines is 1. The van der Waals surface area contributed by atoms with Gasteiger partial charge in [0.2, 0.25) is 5.91 Å². The molecule has 0 fully saturated rings. The van der Waals surface area contributed by atoms with Gasteiger partial charge in [-0.15, -0.1) is 10.2 Å². The van der Waals surface area contributed by atoms with E-state index >= 15 is 0 Å². The minimum atomic E-state index is -0.0599. The normalized spacial score (nSPS) is 10.7. The van der Waals surface area contributed by atoms with E-state index in [-0.39, 0.29) is 11.7 Å². The van der Waals surface area contributed by atoms with Gasteiger partial charge in [0, 0.05) is 11.4 Å². The Bertz CT molecular complexity index is 885. The van der Waals surface area contributed by atoms with Crippen LogP contribution in [0.4, 0.5) is 5.69 Å². The van der Waals surface area contributed by atoms with Crippen LogP contribution in [0.3, 0.4) is 0 Å². The topological polar surface area (TPSA) is 59.8 Å². The molecule has 0 aliphatic heterocycles. The van der Waals surface area contributed by atoms with E-state index in [2.05, 4.69) is 41.5 Å². The summed E-state index contributed by atoms with van der Waals surface area (Å²) in [6.45, 7) is 6.07. The summed E-state index contributed by atoms with van der Waals surface area (Å²) in [5.74, 6) is 1.02. The van der Waals surface area contributed by atoms with Crippen molar-refractivity contribution in [2.75, 3.05) is 11.1 Å². The van der Waals surface area contributed by atoms with Crippen molar-refractivity contribution in [1.82, 2.24) is 14.8 Å². The molecule has 0 bridgehead atoms. The molecule has 0 aliphatic carbocycles. The molecule has 0 unspecified atom stereocenters. The van der Waals surface area contributed by atoms with Crippen LogP contribution >= 0.6 is 11.8 Å². The highest BCUT2D eigenvalue weighted by atomic mass is 32.2. The first-order chi connectivity index (χ1) is 12.6. The molecule has 26 heavy (non-hydrogen) atoms. The number of carbonyl (C=O) groups is 1. The molecule has 134 valence electrons. The number of aryl methyl sites for hydroxylation is 3. The van der Waals surface area contributed by atoms with E-state index in [1.165, 1.54) is 22.9 Å². The third-order valence-corrected chi connectivity index (χ3v) is 4.99. The van der Waals surface area contributed by atoms with Crippen LogP contribution in [0.25, 0.3) is 5.69 Å². The largest absolute Gasteiger partial charge is 0.325 e. The molecule has 0 saturated carbocycles. The number of carbonyl (C=O) groups excluding carboxylic acids is 1. The van der Waals surface area contributed by atoms with Gasteiger partial charge in [0.05, 0.1) is 5.75 Å². The van der Waals surface area contributed by atoms with E-state index < -0.39 is 0 Å². The summed E-state index contributed by atoms with van der Waals surface area (Å²) in [6, 6.07) is 16.1. The number of aromatic nitrogens is 3. The Morgan fingerprint density at radius 3 is 2.38 bits per heavy atom. The molecule has 5 nitrogen and oxygen atoms in total. The number of amides is 1. The van der Waals surface area contributed by atoms with Gasteiger partial charge in [-0.2, -0.15) is 0 Å². The number of hydrogen-bond acceptors (Lipinski definition) is 4. The molecule has 0 spiro atoms. The molecule has 3 rings (SSSR count). The molecule has 2 aromatic carbocycles. The number of benzene rings is 2. The quantitative estimate of drug-likeness (QED) is 0.665. The lowest BCUT2D eigenvalue weighted by Gasteiger charge is -2.09. The summed E-state index contributed by atoms with van der Waals surface area (Å²) in [7, 11) is 0. The fourth-order valence-electron chi connectivity index (χ4n) is 2.58. The Balaban J connectivity index is 1.66. The number of thioether (sulfide) groups is 1. The van der Waals surface area contributed by atoms with Crippen molar-refractivity contribution in [3.63, 3.8) is 0 Å². The van der Waals surface area contributed by atoms with Crippen molar-refractivity contribution >= 4 is 23.4 Å². The first-order valence-corrected chi connectivity index (χ1v) is 9.56. The second-order valence-electron chi connectivity index (χ2n) is 6.09. The lowest BCUT2D eigenvalue weighted by molar-refractivity contribution is -0.113. The highest BCUT2D eigenvalue weighted by Gasteiger charge is 2.13. The van der Waals surface area contributed by atoms with Crippen molar-refractivity contribution in [1.29, 1.82) is 0 Å². The van der Waals surface area contributed by atoms with Crippen molar-refractivity contribution < 1.29 is 4.79 Å². The summed E-state index contributed by atoms with van der Waals surface area (Å²) in [6.07, 6.45) is 0.984. The van der Waals surface area contributed by atoms with Crippen LogP contribution in [0.2, 0.25) is 0 Å². The van der Waals surface area contributed by atoms with E-state index in [4.69, 9.17) is 0 Å². The number of hydrogen-bond donors (Lipinski definition) is 1. The Labute approximate surface area is 157 Å². The molecule has 1 heterocycles. The SMILES string of the molecule is CCc1ccc(NC(=O)CSc2nnc(C)n2-c2ccc(C)cc2)cc1. The van der Waals surface area contributed by atoms with E-state index in [1.54, 1.807) is 0 Å². The van der Waals surface area contributed by atoms with Crippen LogP contribution in [-0.4, -0.2) is 26.4 Å². The van der Waals surface area contributed by atoms with E-state index in [9.17, 15) is 4.79 Å². The Morgan fingerprint density at radius 2 is 1.73 bits per heavy atom. The molecule has 1 aromatic heterocycles. The van der Waals surface area contributed by atoms with Gasteiger partial charge in [-0.1, -0.05) is 48.5 Å². The summed E-state index contributed by atoms with van der Waals surface area (Å²) in [5, 5.41) is 12.0. The van der Waals surface area contributed by atoms with Crippen LogP contribution in [0.15, 0.2) is 53.7 Å². The second kappa shape index (κ2) is 8.19. The fourth-order valence-corrected chi connectivity index (χ4v) is 3.38. The number of rotatable bonds is 6. The Kier molecular flexibility index (Phi) is 5.73. The average Bonchev–Trinajstić information content (AvgIpc) is 3.02. The van der Waals surface area contributed by atoms with Crippen LogP contribution < -0.4 is 5.32 Å². The molecule has 6 heteroatoms. The molecule has 0 aliphatic rings. The first-order valence-electron chi connectivity index (χ1n) is 8.57. The highest BCUT2D eigenvalue weighted by Crippen LogP contribution is 2.22. The maximum atomic E-state index is 12.3. The van der Waals surface area contributed by atoms with Gasteiger partial charge in [-0.3, -0.25) is 9.36 Å². The van der Waals surface area contributed by atoms with Gasteiger partial charge < -0.3 is 5.32 Å². The first kappa shape index (κ1) is 18.2. The Hall–Kier alpha value is -2.60. The van der Waals surface area contributed by atoms with Crippen molar-refractivity contribution in [2.24, 2.45) is 0 Å². The van der Waals surface area contributed by atoms with Gasteiger partial charge >= 0.3 is 0 Å². The molecule has 3 aromatic rings. The predicted octanol–water partition coefficient (Wildman–Crippen LogP) is 4.18. The maximum Gasteiger partial charge on any atom is 0.234 e. The van der Waals surface area contributed by atoms with Gasteiger partial charge in [-0.05, 0) is 50.1 Å². The van der Waals surface area contributed by atoms with Gasteiger partial charge in [0.15, 0.2) is 5.16 Å². The third kappa shape index (κ3) is 4.32. The number of nitrogens with one attached hydrogen (secondary N) is 1. The molecular formula is C20H22N4OS. The minimum Gasteiger partial charge on any atom is -0.325 e. The predicted molar refractivity (Wildman–Crippen MR) is 106 cm³/mol. The summed E-state index contributed by atoms with van der Waals surface area (Å²) in [4.78, 5) is 12.3. The molecular weight excluding hydrogens is 344 g/mol. The monoisotopic (exact) mass is 366 g/mol. The maximum absolute atomic E-state index is 12.3. The Morgan fingerprint density at radius 1 is 1.04 bits per heavy atom. The zero-order chi connectivity index (χ0) is 18.5. The highest BCUT2D eigenvalue weighted by molar-refractivity contribution is 7.99. The summed E-state index contributed by atoms with van der Waals surface area (Å²) in [5.41, 5.74) is 4.25. The summed E-state index contributed by atoms with van der Waals surface area (Å²) >= 11 is 1.38.